The van der Waals surface area contributed by atoms with Crippen molar-refractivity contribution in [2.75, 3.05) is 10.2 Å². The van der Waals surface area contributed by atoms with E-state index in [9.17, 15) is 4.79 Å². The maximum atomic E-state index is 12.3. The number of halogens is 1. The Labute approximate surface area is 156 Å². The zero-order valence-corrected chi connectivity index (χ0v) is 14.9. The number of nitrogens with one attached hydrogen (secondary N) is 1. The van der Waals surface area contributed by atoms with Crippen molar-refractivity contribution in [3.05, 3.63) is 76.8 Å². The molecule has 2 heterocycles. The summed E-state index contributed by atoms with van der Waals surface area (Å²) in [4.78, 5) is 14.4. The Hall–Kier alpha value is -2.92. The Kier molecular flexibility index (Phi) is 4.31. The fourth-order valence-electron chi connectivity index (χ4n) is 3.25. The maximum absolute atomic E-state index is 12.3. The average Bonchev–Trinajstić information content (AvgIpc) is 2.98. The van der Waals surface area contributed by atoms with E-state index in [1.807, 2.05) is 12.1 Å². The number of carbonyl (C=O) groups excluding carboxylic acids is 1. The highest BCUT2D eigenvalue weighted by atomic mass is 35.5. The number of fused-ring (bicyclic) bond motifs is 1. The summed E-state index contributed by atoms with van der Waals surface area (Å²) < 4.78 is 0. The molecule has 5 nitrogen and oxygen atoms in total. The van der Waals surface area contributed by atoms with Gasteiger partial charge in [-0.25, -0.2) is 0 Å². The second-order valence-corrected chi connectivity index (χ2v) is 6.73. The molecule has 0 radical (unpaired) electrons. The number of amides is 1. The third-order valence-electron chi connectivity index (χ3n) is 4.43. The molecule has 26 heavy (non-hydrogen) atoms. The molecule has 4 rings (SSSR count). The molecular formula is C20H17ClN4O. The summed E-state index contributed by atoms with van der Waals surface area (Å²) in [6.07, 6.45) is 0.977. The van der Waals surface area contributed by atoms with E-state index in [0.29, 0.717) is 22.4 Å². The van der Waals surface area contributed by atoms with Gasteiger partial charge in [-0.15, -0.1) is 10.2 Å². The van der Waals surface area contributed by atoms with Crippen LogP contribution in [-0.2, 0) is 6.42 Å². The van der Waals surface area contributed by atoms with Gasteiger partial charge in [0.25, 0.3) is 5.91 Å². The van der Waals surface area contributed by atoms with Crippen LogP contribution in [-0.4, -0.2) is 22.1 Å². The van der Waals surface area contributed by atoms with Crippen LogP contribution < -0.4 is 10.2 Å². The monoisotopic (exact) mass is 364 g/mol. The number of anilines is 3. The molecule has 0 spiro atoms. The number of para-hydroxylation sites is 1. The molecular weight excluding hydrogens is 348 g/mol. The summed E-state index contributed by atoms with van der Waals surface area (Å²) in [5.41, 5.74) is 2.94. The van der Waals surface area contributed by atoms with E-state index in [0.717, 1.165) is 17.9 Å². The lowest BCUT2D eigenvalue weighted by Crippen LogP contribution is -2.25. The van der Waals surface area contributed by atoms with Crippen LogP contribution in [0.4, 0.5) is 17.3 Å². The van der Waals surface area contributed by atoms with Crippen molar-refractivity contribution in [3.63, 3.8) is 0 Å². The van der Waals surface area contributed by atoms with Gasteiger partial charge in [0.05, 0.1) is 0 Å². The molecule has 1 atom stereocenters. The van der Waals surface area contributed by atoms with Gasteiger partial charge in [-0.3, -0.25) is 4.79 Å². The van der Waals surface area contributed by atoms with Crippen LogP contribution in [0.1, 0.15) is 22.8 Å². The SMILES string of the molecule is CC1Cc2ccccc2N1c1ccc(NC(=O)c2cccc(Cl)c2)nn1. The molecule has 1 aliphatic heterocycles. The normalized spacial score (nSPS) is 15.6. The topological polar surface area (TPSA) is 58.1 Å². The summed E-state index contributed by atoms with van der Waals surface area (Å²) in [6, 6.07) is 19.0. The summed E-state index contributed by atoms with van der Waals surface area (Å²) >= 11 is 5.93. The summed E-state index contributed by atoms with van der Waals surface area (Å²) in [6.45, 7) is 2.16. The molecule has 0 saturated carbocycles. The minimum absolute atomic E-state index is 0.269. The third kappa shape index (κ3) is 3.13. The largest absolute Gasteiger partial charge is 0.321 e. The lowest BCUT2D eigenvalue weighted by Gasteiger charge is -2.23. The van der Waals surface area contributed by atoms with Crippen LogP contribution in [0.5, 0.6) is 0 Å². The standard InChI is InChI=1S/C20H17ClN4O/c1-13-11-14-5-2-3-8-17(14)25(13)19-10-9-18(23-24-19)22-20(26)15-6-4-7-16(21)12-15/h2-10,12-13H,11H2,1H3,(H,22,23,26). The molecule has 0 fully saturated rings. The number of nitrogens with zero attached hydrogens (tertiary/aromatic N) is 3. The molecule has 1 aliphatic rings. The first-order valence-electron chi connectivity index (χ1n) is 8.39. The van der Waals surface area contributed by atoms with Crippen molar-refractivity contribution >= 4 is 34.8 Å². The maximum Gasteiger partial charge on any atom is 0.256 e. The van der Waals surface area contributed by atoms with Gasteiger partial charge >= 0.3 is 0 Å². The number of aromatic nitrogens is 2. The lowest BCUT2D eigenvalue weighted by atomic mass is 10.1. The Bertz CT molecular complexity index is 958. The Morgan fingerprint density at radius 2 is 1.96 bits per heavy atom. The van der Waals surface area contributed by atoms with E-state index in [1.165, 1.54) is 5.56 Å². The predicted molar refractivity (Wildman–Crippen MR) is 103 cm³/mol. The van der Waals surface area contributed by atoms with Gasteiger partial charge in [0.2, 0.25) is 0 Å². The zero-order chi connectivity index (χ0) is 18.1. The zero-order valence-electron chi connectivity index (χ0n) is 14.2. The minimum atomic E-state index is -0.269. The van der Waals surface area contributed by atoms with Crippen molar-refractivity contribution < 1.29 is 4.79 Å². The Morgan fingerprint density at radius 1 is 1.12 bits per heavy atom. The third-order valence-corrected chi connectivity index (χ3v) is 4.67. The molecule has 1 amide bonds. The van der Waals surface area contributed by atoms with Gasteiger partial charge in [0.1, 0.15) is 0 Å². The van der Waals surface area contributed by atoms with Crippen molar-refractivity contribution in [1.29, 1.82) is 0 Å². The number of rotatable bonds is 3. The van der Waals surface area contributed by atoms with Crippen molar-refractivity contribution in [1.82, 2.24) is 10.2 Å². The molecule has 0 saturated heterocycles. The lowest BCUT2D eigenvalue weighted by molar-refractivity contribution is 0.102. The van der Waals surface area contributed by atoms with E-state index in [1.54, 1.807) is 30.3 Å². The number of hydrogen-bond donors (Lipinski definition) is 1. The molecule has 0 aliphatic carbocycles. The van der Waals surface area contributed by atoms with Gasteiger partial charge in [-0.2, -0.15) is 0 Å². The van der Waals surface area contributed by atoms with Gasteiger partial charge in [0.15, 0.2) is 11.6 Å². The quantitative estimate of drug-likeness (QED) is 0.745. The number of benzene rings is 2. The fraction of sp³-hybridized carbons (Fsp3) is 0.150. The number of hydrogen-bond acceptors (Lipinski definition) is 4. The number of carbonyl (C=O) groups is 1. The highest BCUT2D eigenvalue weighted by Gasteiger charge is 2.27. The van der Waals surface area contributed by atoms with Crippen molar-refractivity contribution in [2.24, 2.45) is 0 Å². The van der Waals surface area contributed by atoms with E-state index >= 15 is 0 Å². The van der Waals surface area contributed by atoms with Crippen molar-refractivity contribution in [3.8, 4) is 0 Å². The Morgan fingerprint density at radius 3 is 2.73 bits per heavy atom. The summed E-state index contributed by atoms with van der Waals surface area (Å²) in [5, 5.41) is 11.7. The van der Waals surface area contributed by atoms with Gasteiger partial charge in [0, 0.05) is 22.3 Å². The fourth-order valence-corrected chi connectivity index (χ4v) is 3.44. The van der Waals surface area contributed by atoms with Gasteiger partial charge < -0.3 is 10.2 Å². The van der Waals surface area contributed by atoms with Crippen LogP contribution in [0.2, 0.25) is 5.02 Å². The van der Waals surface area contributed by atoms with Crippen LogP contribution in [0.25, 0.3) is 0 Å². The van der Waals surface area contributed by atoms with Crippen molar-refractivity contribution in [2.45, 2.75) is 19.4 Å². The molecule has 2 aromatic carbocycles. The summed E-state index contributed by atoms with van der Waals surface area (Å²) in [7, 11) is 0. The highest BCUT2D eigenvalue weighted by Crippen LogP contribution is 2.36. The molecule has 6 heteroatoms. The molecule has 1 aromatic heterocycles. The van der Waals surface area contributed by atoms with E-state index in [4.69, 9.17) is 11.6 Å². The smallest absolute Gasteiger partial charge is 0.256 e. The van der Waals surface area contributed by atoms with Gasteiger partial charge in [-0.1, -0.05) is 35.9 Å². The molecule has 1 unspecified atom stereocenters. The molecule has 3 aromatic rings. The predicted octanol–water partition coefficient (Wildman–Crippen LogP) is 4.47. The van der Waals surface area contributed by atoms with Crippen LogP contribution >= 0.6 is 11.6 Å². The first kappa shape index (κ1) is 16.5. The van der Waals surface area contributed by atoms with E-state index < -0.39 is 0 Å². The second-order valence-electron chi connectivity index (χ2n) is 6.29. The van der Waals surface area contributed by atoms with Crippen LogP contribution in [0, 0.1) is 0 Å². The Balaban J connectivity index is 1.53. The second kappa shape index (κ2) is 6.77. The minimum Gasteiger partial charge on any atom is -0.321 e. The first-order valence-corrected chi connectivity index (χ1v) is 8.77. The van der Waals surface area contributed by atoms with E-state index in [-0.39, 0.29) is 5.91 Å². The molecule has 130 valence electrons. The molecule has 0 bridgehead atoms. The summed E-state index contributed by atoms with van der Waals surface area (Å²) in [5.74, 6) is 0.900. The highest BCUT2D eigenvalue weighted by molar-refractivity contribution is 6.31. The van der Waals surface area contributed by atoms with Gasteiger partial charge in [-0.05, 0) is 55.3 Å². The van der Waals surface area contributed by atoms with Crippen LogP contribution in [0.15, 0.2) is 60.7 Å². The first-order chi connectivity index (χ1) is 12.6. The van der Waals surface area contributed by atoms with E-state index in [2.05, 4.69) is 45.5 Å². The average molecular weight is 365 g/mol. The van der Waals surface area contributed by atoms with Crippen LogP contribution in [0.3, 0.4) is 0 Å². The molecule has 1 N–H and O–H groups in total.